The summed E-state index contributed by atoms with van der Waals surface area (Å²) in [6.07, 6.45) is 2.53. The molecular formula is C8H10N2OS. The fraction of sp³-hybridized carbons (Fsp3) is 0.250. The zero-order valence-corrected chi connectivity index (χ0v) is 7.65. The van der Waals surface area contributed by atoms with Gasteiger partial charge in [0.05, 0.1) is 5.69 Å². The van der Waals surface area contributed by atoms with Gasteiger partial charge in [-0.2, -0.15) is 0 Å². The lowest BCUT2D eigenvalue weighted by Gasteiger charge is -1.92. The zero-order valence-electron chi connectivity index (χ0n) is 6.83. The van der Waals surface area contributed by atoms with Crippen LogP contribution in [0.2, 0.25) is 0 Å². The highest BCUT2D eigenvalue weighted by Gasteiger charge is 2.00. The van der Waals surface area contributed by atoms with E-state index in [9.17, 15) is 4.79 Å². The Morgan fingerprint density at radius 1 is 1.92 bits per heavy atom. The molecule has 0 saturated carbocycles. The summed E-state index contributed by atoms with van der Waals surface area (Å²) in [5.74, 6) is -0.0884. The van der Waals surface area contributed by atoms with Crippen LogP contribution < -0.4 is 5.32 Å². The molecule has 12 heavy (non-hydrogen) atoms. The van der Waals surface area contributed by atoms with Gasteiger partial charge in [0.2, 0.25) is 5.91 Å². The molecule has 0 bridgehead atoms. The van der Waals surface area contributed by atoms with Gasteiger partial charge in [-0.25, -0.2) is 4.98 Å². The Kier molecular flexibility index (Phi) is 2.99. The van der Waals surface area contributed by atoms with Crippen LogP contribution in [0.25, 0.3) is 0 Å². The third kappa shape index (κ3) is 2.47. The van der Waals surface area contributed by atoms with Crippen LogP contribution in [0.15, 0.2) is 18.0 Å². The Bertz CT molecular complexity index is 293. The molecule has 0 aromatic carbocycles. The second-order valence-electron chi connectivity index (χ2n) is 2.32. The fourth-order valence-electron chi connectivity index (χ4n) is 0.757. The van der Waals surface area contributed by atoms with Crippen LogP contribution in [0.4, 0.5) is 5.13 Å². The van der Waals surface area contributed by atoms with Gasteiger partial charge in [-0.1, -0.05) is 6.08 Å². The predicted octanol–water partition coefficient (Wildman–Crippen LogP) is 1.83. The number of allylic oxidation sites excluding steroid dienone is 1. The number of aromatic nitrogens is 1. The molecule has 4 heteroatoms. The van der Waals surface area contributed by atoms with Crippen LogP contribution in [-0.4, -0.2) is 10.9 Å². The van der Waals surface area contributed by atoms with Gasteiger partial charge in [0.25, 0.3) is 0 Å². The van der Waals surface area contributed by atoms with E-state index in [0.29, 0.717) is 5.13 Å². The topological polar surface area (TPSA) is 42.0 Å². The first-order chi connectivity index (χ1) is 5.72. The van der Waals surface area contributed by atoms with Crippen molar-refractivity contribution in [3.05, 3.63) is 23.7 Å². The van der Waals surface area contributed by atoms with Crippen molar-refractivity contribution in [2.24, 2.45) is 0 Å². The van der Waals surface area contributed by atoms with E-state index in [1.807, 2.05) is 5.38 Å². The molecule has 0 aliphatic rings. The number of amides is 1. The van der Waals surface area contributed by atoms with Crippen molar-refractivity contribution in [2.45, 2.75) is 13.3 Å². The number of rotatable bonds is 3. The monoisotopic (exact) mass is 182 g/mol. The Morgan fingerprint density at radius 3 is 3.25 bits per heavy atom. The highest BCUT2D eigenvalue weighted by atomic mass is 32.1. The van der Waals surface area contributed by atoms with Gasteiger partial charge in [0, 0.05) is 18.7 Å². The van der Waals surface area contributed by atoms with Crippen LogP contribution in [0, 0.1) is 0 Å². The molecule has 3 nitrogen and oxygen atoms in total. The molecule has 0 saturated heterocycles. The van der Waals surface area contributed by atoms with Crippen LogP contribution in [0.5, 0.6) is 0 Å². The summed E-state index contributed by atoms with van der Waals surface area (Å²) < 4.78 is 0. The van der Waals surface area contributed by atoms with Crippen molar-refractivity contribution < 1.29 is 4.79 Å². The summed E-state index contributed by atoms with van der Waals surface area (Å²) in [4.78, 5) is 14.8. The number of nitrogens with zero attached hydrogens (tertiary/aromatic N) is 1. The standard InChI is InChI=1S/C8H10N2OS/c1-3-4-7-5-12-8(10-7)9-6(2)11/h3,5H,1,4H2,2H3,(H,9,10,11). The maximum atomic E-state index is 10.6. The second-order valence-corrected chi connectivity index (χ2v) is 3.18. The lowest BCUT2D eigenvalue weighted by Crippen LogP contribution is -2.05. The molecule has 0 atom stereocenters. The number of hydrogen-bond acceptors (Lipinski definition) is 3. The third-order valence-corrected chi connectivity index (χ3v) is 1.99. The molecular weight excluding hydrogens is 172 g/mol. The van der Waals surface area contributed by atoms with Gasteiger partial charge in [0.1, 0.15) is 0 Å². The highest BCUT2D eigenvalue weighted by molar-refractivity contribution is 7.13. The third-order valence-electron chi connectivity index (χ3n) is 1.19. The van der Waals surface area contributed by atoms with Gasteiger partial charge in [-0.15, -0.1) is 17.9 Å². The molecule has 0 radical (unpaired) electrons. The Labute approximate surface area is 75.1 Å². The number of carbonyl (C=O) groups excluding carboxylic acids is 1. The number of nitrogens with one attached hydrogen (secondary N) is 1. The minimum atomic E-state index is -0.0884. The molecule has 0 unspecified atom stereocenters. The number of anilines is 1. The molecule has 1 heterocycles. The van der Waals surface area contributed by atoms with Gasteiger partial charge in [-0.05, 0) is 0 Å². The molecule has 1 N–H and O–H groups in total. The van der Waals surface area contributed by atoms with Crippen molar-refractivity contribution in [3.63, 3.8) is 0 Å². The van der Waals surface area contributed by atoms with Crippen molar-refractivity contribution in [2.75, 3.05) is 5.32 Å². The number of hydrogen-bond donors (Lipinski definition) is 1. The number of carbonyl (C=O) groups is 1. The highest BCUT2D eigenvalue weighted by Crippen LogP contribution is 2.15. The van der Waals surface area contributed by atoms with E-state index < -0.39 is 0 Å². The molecule has 1 rings (SSSR count). The van der Waals surface area contributed by atoms with Crippen molar-refractivity contribution in [3.8, 4) is 0 Å². The van der Waals surface area contributed by atoms with E-state index in [0.717, 1.165) is 12.1 Å². The molecule has 1 aromatic rings. The first-order valence-corrected chi connectivity index (χ1v) is 4.43. The average Bonchev–Trinajstić information content (AvgIpc) is 2.36. The van der Waals surface area contributed by atoms with E-state index in [1.54, 1.807) is 6.08 Å². The van der Waals surface area contributed by atoms with Gasteiger partial charge >= 0.3 is 0 Å². The summed E-state index contributed by atoms with van der Waals surface area (Å²) in [5.41, 5.74) is 0.943. The fourth-order valence-corrected chi connectivity index (χ4v) is 1.53. The summed E-state index contributed by atoms with van der Waals surface area (Å²) in [6.45, 7) is 5.07. The van der Waals surface area contributed by atoms with Crippen LogP contribution in [0.3, 0.4) is 0 Å². The Hall–Kier alpha value is -1.16. The summed E-state index contributed by atoms with van der Waals surface area (Å²) >= 11 is 1.43. The lowest BCUT2D eigenvalue weighted by atomic mass is 10.3. The van der Waals surface area contributed by atoms with Crippen LogP contribution in [0.1, 0.15) is 12.6 Å². The minimum absolute atomic E-state index is 0.0884. The smallest absolute Gasteiger partial charge is 0.223 e. The maximum Gasteiger partial charge on any atom is 0.223 e. The first-order valence-electron chi connectivity index (χ1n) is 3.55. The first kappa shape index (κ1) is 8.93. The summed E-state index contributed by atoms with van der Waals surface area (Å²) in [5, 5.41) is 5.18. The summed E-state index contributed by atoms with van der Waals surface area (Å²) in [7, 11) is 0. The maximum absolute atomic E-state index is 10.6. The van der Waals surface area contributed by atoms with Crippen molar-refractivity contribution >= 4 is 22.4 Å². The minimum Gasteiger partial charge on any atom is -0.302 e. The van der Waals surface area contributed by atoms with E-state index in [2.05, 4.69) is 16.9 Å². The Balaban J connectivity index is 2.63. The Morgan fingerprint density at radius 2 is 2.67 bits per heavy atom. The van der Waals surface area contributed by atoms with Gasteiger partial charge < -0.3 is 5.32 Å². The zero-order chi connectivity index (χ0) is 8.97. The quantitative estimate of drug-likeness (QED) is 0.724. The molecule has 1 amide bonds. The SMILES string of the molecule is C=CCc1csc(NC(C)=O)n1. The molecule has 0 aliphatic carbocycles. The van der Waals surface area contributed by atoms with Crippen LogP contribution in [-0.2, 0) is 11.2 Å². The molecule has 1 aromatic heterocycles. The summed E-state index contributed by atoms with van der Waals surface area (Å²) in [6, 6.07) is 0. The molecule has 0 fully saturated rings. The molecule has 0 spiro atoms. The lowest BCUT2D eigenvalue weighted by molar-refractivity contribution is -0.114. The number of thiazole rings is 1. The van der Waals surface area contributed by atoms with E-state index in [4.69, 9.17) is 0 Å². The van der Waals surface area contributed by atoms with E-state index >= 15 is 0 Å². The molecule has 0 aliphatic heterocycles. The van der Waals surface area contributed by atoms with E-state index in [-0.39, 0.29) is 5.91 Å². The normalized spacial score (nSPS) is 9.42. The van der Waals surface area contributed by atoms with Gasteiger partial charge in [-0.3, -0.25) is 4.79 Å². The van der Waals surface area contributed by atoms with E-state index in [1.165, 1.54) is 18.3 Å². The largest absolute Gasteiger partial charge is 0.302 e. The second kappa shape index (κ2) is 4.01. The average molecular weight is 182 g/mol. The predicted molar refractivity (Wildman–Crippen MR) is 50.3 cm³/mol. The van der Waals surface area contributed by atoms with Gasteiger partial charge in [0.15, 0.2) is 5.13 Å². The van der Waals surface area contributed by atoms with Crippen LogP contribution >= 0.6 is 11.3 Å². The van der Waals surface area contributed by atoms with Crippen molar-refractivity contribution in [1.29, 1.82) is 0 Å². The molecule has 64 valence electrons. The van der Waals surface area contributed by atoms with Crippen molar-refractivity contribution in [1.82, 2.24) is 4.98 Å².